The van der Waals surface area contributed by atoms with Gasteiger partial charge in [-0.1, -0.05) is 249 Å². The predicted molar refractivity (Wildman–Crippen MR) is 389 cm³/mol. The monoisotopic (exact) mass is 1180 g/mol. The van der Waals surface area contributed by atoms with Crippen LogP contribution in [0.15, 0.2) is 346 Å². The number of aromatic nitrogens is 5. The molecule has 18 rings (SSSR count). The lowest BCUT2D eigenvalue weighted by molar-refractivity contribution is 0.985. The van der Waals surface area contributed by atoms with E-state index in [-0.39, 0.29) is 0 Å². The molecule has 0 aliphatic carbocycles. The van der Waals surface area contributed by atoms with Gasteiger partial charge in [-0.3, -0.25) is 14.1 Å². The molecule has 0 aliphatic rings. The Morgan fingerprint density at radius 2 is 0.484 bits per heavy atom. The van der Waals surface area contributed by atoms with Crippen molar-refractivity contribution >= 4 is 65.4 Å². The van der Waals surface area contributed by atoms with Crippen LogP contribution in [0.25, 0.3) is 172 Å². The number of pyridine rings is 2. The van der Waals surface area contributed by atoms with Crippen molar-refractivity contribution in [2.45, 2.75) is 0 Å². The summed E-state index contributed by atoms with van der Waals surface area (Å²) < 4.78 is 7.38. The van der Waals surface area contributed by atoms with E-state index in [1.54, 1.807) is 0 Å². The average Bonchev–Trinajstić information content (AvgIpc) is 1.58. The Bertz CT molecular complexity index is 5570. The Labute approximate surface area is 538 Å². The Balaban J connectivity index is 1.01. The van der Waals surface area contributed by atoms with Gasteiger partial charge in [-0.2, -0.15) is 0 Å². The summed E-state index contributed by atoms with van der Waals surface area (Å²) in [5, 5.41) is 6.83. The Hall–Kier alpha value is -12.4. The minimum atomic E-state index is 0.783. The minimum Gasteiger partial charge on any atom is -0.305 e. The summed E-state index contributed by atoms with van der Waals surface area (Å²) in [7, 11) is 0. The van der Waals surface area contributed by atoms with Crippen LogP contribution < -0.4 is 0 Å². The van der Waals surface area contributed by atoms with Crippen molar-refractivity contribution in [3.63, 3.8) is 0 Å². The quantitative estimate of drug-likeness (QED) is 0.129. The van der Waals surface area contributed by atoms with Crippen molar-refractivity contribution in [1.82, 2.24) is 23.7 Å². The van der Waals surface area contributed by atoms with Gasteiger partial charge in [-0.15, -0.1) is 0 Å². The molecule has 0 aliphatic heterocycles. The second-order valence-electron chi connectivity index (χ2n) is 24.1. The van der Waals surface area contributed by atoms with Crippen molar-refractivity contribution in [2.75, 3.05) is 0 Å². The number of benzene rings is 13. The maximum absolute atomic E-state index is 6.33. The van der Waals surface area contributed by atoms with Crippen LogP contribution in [-0.4, -0.2) is 23.7 Å². The fourth-order valence-corrected chi connectivity index (χ4v) is 14.2. The van der Waals surface area contributed by atoms with Crippen LogP contribution in [-0.2, 0) is 0 Å². The number of rotatable bonds is 11. The Morgan fingerprint density at radius 1 is 0.204 bits per heavy atom. The van der Waals surface area contributed by atoms with Gasteiger partial charge >= 0.3 is 0 Å². The van der Waals surface area contributed by atoms with Crippen molar-refractivity contribution in [3.05, 3.63) is 346 Å². The van der Waals surface area contributed by atoms with Crippen LogP contribution in [0.5, 0.6) is 0 Å². The fraction of sp³-hybridized carbons (Fsp3) is 0. The summed E-state index contributed by atoms with van der Waals surface area (Å²) in [5.41, 5.74) is 25.1. The van der Waals surface area contributed by atoms with Gasteiger partial charge in [-0.25, -0.2) is 4.98 Å². The highest BCUT2D eigenvalue weighted by molar-refractivity contribution is 6.16. The second kappa shape index (κ2) is 22.2. The van der Waals surface area contributed by atoms with Crippen molar-refractivity contribution < 1.29 is 0 Å². The number of hydrogen-bond donors (Lipinski definition) is 0. The van der Waals surface area contributed by atoms with E-state index in [9.17, 15) is 0 Å². The summed E-state index contributed by atoms with van der Waals surface area (Å²) in [5.74, 6) is 1.57. The Morgan fingerprint density at radius 3 is 0.796 bits per heavy atom. The smallest absolute Gasteiger partial charge is 0.165 e. The van der Waals surface area contributed by atoms with Gasteiger partial charge in [0.05, 0.1) is 44.5 Å². The third kappa shape index (κ3) is 9.24. The molecule has 0 N–H and O–H groups in total. The molecule has 5 nitrogen and oxygen atoms in total. The van der Waals surface area contributed by atoms with Crippen LogP contribution in [0.2, 0.25) is 0 Å². The summed E-state index contributed by atoms with van der Waals surface area (Å²) in [6.45, 7) is 0. The maximum Gasteiger partial charge on any atom is 0.165 e. The molecule has 434 valence electrons. The SMILES string of the molecule is c1ccc(-c2ccc3c(c2)c2cc(-c4ccccc4)ccc2n3-c2cc(-c3ccc(-c4ccccn4)cc3)c(-n3c4ccc(-c5ccccc5)cc4c4cc(-c5ccccc5)ccc43)c(-n3c4ccc(-c5ccccc5)cc4c4cc(-c5ccccc5)ccc43)n2)cc1. The molecule has 0 saturated heterocycles. The lowest BCUT2D eigenvalue weighted by Gasteiger charge is -2.22. The molecular formula is C88H57N5. The molecule has 93 heavy (non-hydrogen) atoms. The molecular weight excluding hydrogens is 1130 g/mol. The zero-order valence-corrected chi connectivity index (χ0v) is 50.6. The van der Waals surface area contributed by atoms with Gasteiger partial charge in [0.25, 0.3) is 0 Å². The van der Waals surface area contributed by atoms with Crippen molar-refractivity contribution in [1.29, 1.82) is 0 Å². The molecule has 18 aromatic rings. The Kier molecular flexibility index (Phi) is 12.8. The average molecular weight is 1180 g/mol. The predicted octanol–water partition coefficient (Wildman–Crippen LogP) is 23.1. The van der Waals surface area contributed by atoms with E-state index >= 15 is 0 Å². The van der Waals surface area contributed by atoms with Gasteiger partial charge < -0.3 is 4.57 Å². The van der Waals surface area contributed by atoms with E-state index in [2.05, 4.69) is 347 Å². The summed E-state index contributed by atoms with van der Waals surface area (Å²) >= 11 is 0. The lowest BCUT2D eigenvalue weighted by atomic mass is 10.0. The standard InChI is InChI=1S/C88H57N5/c1-7-21-58(22-8-1)66-38-44-80-73(51-66)74-52-67(59-23-9-2-10-24-59)39-45-81(74)91(80)86-57-72(64-34-36-65(37-35-64)79-33-19-20-50-89-79)87(92-82-46-40-68(60-25-11-3-12-26-60)53-75(82)76-54-69(41-47-83(76)92)61-27-13-4-14-28-61)88(90-86)93-84-48-42-70(62-29-15-5-16-30-62)55-77(84)78-56-71(43-49-85(78)93)63-31-17-6-18-32-63/h1-57H. The molecule has 5 aromatic heterocycles. The molecule has 13 aromatic carbocycles. The molecule has 5 heteroatoms. The minimum absolute atomic E-state index is 0.783. The van der Waals surface area contributed by atoms with Gasteiger partial charge in [0, 0.05) is 49.6 Å². The molecule has 0 saturated carbocycles. The third-order valence-corrected chi connectivity index (χ3v) is 18.7. The molecule has 0 spiro atoms. The van der Waals surface area contributed by atoms with E-state index in [0.29, 0.717) is 0 Å². The highest BCUT2D eigenvalue weighted by atomic mass is 15.2. The summed E-state index contributed by atoms with van der Waals surface area (Å²) in [6, 6.07) is 124. The van der Waals surface area contributed by atoms with Crippen LogP contribution in [0, 0.1) is 0 Å². The second-order valence-corrected chi connectivity index (χ2v) is 24.1. The van der Waals surface area contributed by atoms with Gasteiger partial charge in [0.2, 0.25) is 0 Å². The number of fused-ring (bicyclic) bond motifs is 9. The topological polar surface area (TPSA) is 40.6 Å². The summed E-state index contributed by atoms with van der Waals surface area (Å²) in [4.78, 5) is 11.2. The first-order valence-electron chi connectivity index (χ1n) is 31.8. The highest BCUT2D eigenvalue weighted by Crippen LogP contribution is 2.47. The largest absolute Gasteiger partial charge is 0.305 e. The molecule has 0 radical (unpaired) electrons. The first-order valence-corrected chi connectivity index (χ1v) is 31.8. The van der Waals surface area contributed by atoms with E-state index in [0.717, 1.165) is 172 Å². The molecule has 0 fully saturated rings. The van der Waals surface area contributed by atoms with Gasteiger partial charge in [0.1, 0.15) is 5.82 Å². The van der Waals surface area contributed by atoms with Crippen molar-refractivity contribution in [2.24, 2.45) is 0 Å². The molecule has 0 atom stereocenters. The zero-order valence-electron chi connectivity index (χ0n) is 50.6. The van der Waals surface area contributed by atoms with Crippen LogP contribution in [0.4, 0.5) is 0 Å². The third-order valence-electron chi connectivity index (χ3n) is 18.7. The maximum atomic E-state index is 6.33. The molecule has 5 heterocycles. The summed E-state index contributed by atoms with van der Waals surface area (Å²) in [6.07, 6.45) is 1.87. The van der Waals surface area contributed by atoms with Gasteiger partial charge in [-0.05, 0) is 163 Å². The molecule has 0 amide bonds. The van der Waals surface area contributed by atoms with E-state index in [4.69, 9.17) is 9.97 Å². The first kappa shape index (κ1) is 53.6. The van der Waals surface area contributed by atoms with E-state index in [1.165, 1.54) is 0 Å². The normalized spacial score (nSPS) is 11.7. The zero-order chi connectivity index (χ0) is 61.3. The fourth-order valence-electron chi connectivity index (χ4n) is 14.2. The van der Waals surface area contributed by atoms with E-state index in [1.807, 2.05) is 12.3 Å². The van der Waals surface area contributed by atoms with Crippen molar-refractivity contribution in [3.8, 4) is 106 Å². The van der Waals surface area contributed by atoms with E-state index < -0.39 is 0 Å². The van der Waals surface area contributed by atoms with Crippen LogP contribution in [0.3, 0.4) is 0 Å². The molecule has 0 bridgehead atoms. The van der Waals surface area contributed by atoms with Gasteiger partial charge in [0.15, 0.2) is 5.82 Å². The molecule has 0 unspecified atom stereocenters. The van der Waals surface area contributed by atoms with Crippen LogP contribution in [0.1, 0.15) is 0 Å². The number of hydrogen-bond acceptors (Lipinski definition) is 2. The van der Waals surface area contributed by atoms with Crippen LogP contribution >= 0.6 is 0 Å². The lowest BCUT2D eigenvalue weighted by Crippen LogP contribution is -2.11. The highest BCUT2D eigenvalue weighted by Gasteiger charge is 2.28. The number of nitrogens with zero attached hydrogens (tertiary/aromatic N) is 5. The first-order chi connectivity index (χ1) is 46.1.